The second kappa shape index (κ2) is 10.1. The van der Waals surface area contributed by atoms with Gasteiger partial charge in [0.1, 0.15) is 17.1 Å². The molecular weight excluding hydrogens is 488 g/mol. The smallest absolute Gasteiger partial charge is 0.251 e. The van der Waals surface area contributed by atoms with E-state index in [0.29, 0.717) is 23.4 Å². The van der Waals surface area contributed by atoms with Gasteiger partial charge in [0.2, 0.25) is 10.0 Å². The number of ether oxygens (including phenoxy) is 2. The number of hydrogen-bond acceptors (Lipinski definition) is 5. The van der Waals surface area contributed by atoms with E-state index < -0.39 is 15.6 Å². The fraction of sp³-hybridized carbons (Fsp3) is 0.345. The summed E-state index contributed by atoms with van der Waals surface area (Å²) in [6, 6.07) is 18.2. The van der Waals surface area contributed by atoms with Gasteiger partial charge in [-0.1, -0.05) is 24.3 Å². The van der Waals surface area contributed by atoms with Crippen LogP contribution in [0, 0.1) is 13.8 Å². The molecule has 0 saturated heterocycles. The van der Waals surface area contributed by atoms with Gasteiger partial charge in [0.05, 0.1) is 31.6 Å². The maximum atomic E-state index is 13.2. The van der Waals surface area contributed by atoms with Gasteiger partial charge in [-0.2, -0.15) is 0 Å². The van der Waals surface area contributed by atoms with Crippen LogP contribution in [-0.4, -0.2) is 33.3 Å². The number of nitrogens with zero attached hydrogens (tertiary/aromatic N) is 1. The van der Waals surface area contributed by atoms with Crippen LogP contribution in [-0.2, 0) is 16.6 Å². The van der Waals surface area contributed by atoms with E-state index >= 15 is 0 Å². The Morgan fingerprint density at radius 2 is 1.78 bits per heavy atom. The molecule has 8 heteroatoms. The summed E-state index contributed by atoms with van der Waals surface area (Å²) < 4.78 is 38.2. The maximum Gasteiger partial charge on any atom is 0.251 e. The van der Waals surface area contributed by atoms with Gasteiger partial charge in [-0.05, 0) is 80.8 Å². The van der Waals surface area contributed by atoms with Gasteiger partial charge in [-0.25, -0.2) is 8.42 Å². The SMILES string of the molecule is COc1ccc2c(c1)[C@@H](NC(=O)c1ccc(CN(c3cc(C)ccc3C)S(C)(=O)=O)cc1)CC(C)(C)O2. The van der Waals surface area contributed by atoms with Crippen LogP contribution < -0.4 is 19.1 Å². The van der Waals surface area contributed by atoms with Crippen LogP contribution in [0.15, 0.2) is 60.7 Å². The number of methoxy groups -OCH3 is 1. The summed E-state index contributed by atoms with van der Waals surface area (Å²) in [6.07, 6.45) is 1.81. The molecule has 37 heavy (non-hydrogen) atoms. The van der Waals surface area contributed by atoms with E-state index in [4.69, 9.17) is 9.47 Å². The zero-order valence-electron chi connectivity index (χ0n) is 22.2. The van der Waals surface area contributed by atoms with Crippen LogP contribution in [0.3, 0.4) is 0 Å². The molecule has 1 aliphatic rings. The third-order valence-electron chi connectivity index (χ3n) is 6.56. The lowest BCUT2D eigenvalue weighted by molar-refractivity contribution is 0.0618. The van der Waals surface area contributed by atoms with Gasteiger partial charge >= 0.3 is 0 Å². The predicted molar refractivity (Wildman–Crippen MR) is 146 cm³/mol. The molecule has 1 atom stereocenters. The number of sulfonamides is 1. The summed E-state index contributed by atoms with van der Waals surface area (Å²) >= 11 is 0. The van der Waals surface area contributed by atoms with E-state index in [-0.39, 0.29) is 18.5 Å². The minimum Gasteiger partial charge on any atom is -0.497 e. The van der Waals surface area contributed by atoms with E-state index in [1.807, 2.05) is 64.1 Å². The highest BCUT2D eigenvalue weighted by molar-refractivity contribution is 7.92. The number of carbonyl (C=O) groups excluding carboxylic acids is 1. The van der Waals surface area contributed by atoms with Crippen LogP contribution in [0.4, 0.5) is 5.69 Å². The Morgan fingerprint density at radius 3 is 2.43 bits per heavy atom. The van der Waals surface area contributed by atoms with Crippen molar-refractivity contribution in [3.05, 3.63) is 88.5 Å². The third kappa shape index (κ3) is 6.07. The van der Waals surface area contributed by atoms with Crippen LogP contribution in [0.1, 0.15) is 58.9 Å². The first-order chi connectivity index (χ1) is 17.4. The van der Waals surface area contributed by atoms with Crippen LogP contribution in [0.25, 0.3) is 0 Å². The molecule has 0 aliphatic carbocycles. The van der Waals surface area contributed by atoms with E-state index in [0.717, 1.165) is 28.0 Å². The van der Waals surface area contributed by atoms with Crippen molar-refractivity contribution >= 4 is 21.6 Å². The number of anilines is 1. The summed E-state index contributed by atoms with van der Waals surface area (Å²) in [5.74, 6) is 1.22. The zero-order valence-corrected chi connectivity index (χ0v) is 23.0. The molecule has 0 saturated carbocycles. The number of amides is 1. The molecule has 7 nitrogen and oxygen atoms in total. The number of rotatable bonds is 7. The average Bonchev–Trinajstić information content (AvgIpc) is 2.83. The summed E-state index contributed by atoms with van der Waals surface area (Å²) in [5.41, 5.74) is 4.23. The number of fused-ring (bicyclic) bond motifs is 1. The summed E-state index contributed by atoms with van der Waals surface area (Å²) in [4.78, 5) is 13.2. The molecular formula is C29H34N2O5S. The predicted octanol–water partition coefficient (Wildman–Crippen LogP) is 5.31. The number of hydrogen-bond donors (Lipinski definition) is 1. The first-order valence-electron chi connectivity index (χ1n) is 12.2. The minimum absolute atomic E-state index is 0.173. The van der Waals surface area contributed by atoms with E-state index in [9.17, 15) is 13.2 Å². The summed E-state index contributed by atoms with van der Waals surface area (Å²) in [7, 11) is -1.91. The Labute approximate surface area is 219 Å². The molecule has 4 rings (SSSR count). The fourth-order valence-corrected chi connectivity index (χ4v) is 5.56. The Balaban J connectivity index is 1.54. The van der Waals surface area contributed by atoms with Gasteiger partial charge in [0, 0.05) is 17.5 Å². The molecule has 0 bridgehead atoms. The molecule has 0 unspecified atom stereocenters. The normalized spacial score (nSPS) is 16.3. The van der Waals surface area contributed by atoms with E-state index in [2.05, 4.69) is 5.32 Å². The van der Waals surface area contributed by atoms with Gasteiger partial charge in [0.25, 0.3) is 5.91 Å². The minimum atomic E-state index is -3.51. The second-order valence-corrected chi connectivity index (χ2v) is 12.2. The summed E-state index contributed by atoms with van der Waals surface area (Å²) in [5, 5.41) is 3.14. The molecule has 0 fully saturated rings. The molecule has 0 spiro atoms. The molecule has 0 radical (unpaired) electrons. The standard InChI is InChI=1S/C29H34N2O5S/c1-19-7-8-20(2)26(15-19)31(37(6,33)34)18-21-9-11-22(12-10-21)28(32)30-25-17-29(3,4)36-27-14-13-23(35-5)16-24(25)27/h7-16,25H,17-18H2,1-6H3,(H,30,32)/t25-/m0/s1. The first kappa shape index (κ1) is 26.5. The van der Waals surface area contributed by atoms with E-state index in [1.54, 1.807) is 31.4 Å². The molecule has 3 aromatic carbocycles. The third-order valence-corrected chi connectivity index (χ3v) is 7.68. The average molecular weight is 523 g/mol. The van der Waals surface area contributed by atoms with Crippen molar-refractivity contribution in [1.29, 1.82) is 0 Å². The molecule has 1 aliphatic heterocycles. The number of carbonyl (C=O) groups is 1. The highest BCUT2D eigenvalue weighted by Crippen LogP contribution is 2.41. The molecule has 3 aromatic rings. The van der Waals surface area contributed by atoms with Gasteiger partial charge in [-0.15, -0.1) is 0 Å². The van der Waals surface area contributed by atoms with E-state index in [1.165, 1.54) is 10.6 Å². The molecule has 1 amide bonds. The van der Waals surface area contributed by atoms with Gasteiger partial charge < -0.3 is 14.8 Å². The molecule has 1 heterocycles. The Hall–Kier alpha value is -3.52. The lowest BCUT2D eigenvalue weighted by Gasteiger charge is -2.38. The van der Waals surface area contributed by atoms with Crippen LogP contribution in [0.5, 0.6) is 11.5 Å². The van der Waals surface area contributed by atoms with Crippen molar-refractivity contribution in [2.45, 2.75) is 52.3 Å². The fourth-order valence-electron chi connectivity index (χ4n) is 4.63. The lowest BCUT2D eigenvalue weighted by atomic mass is 9.89. The zero-order chi connectivity index (χ0) is 27.0. The van der Waals surface area contributed by atoms with Crippen molar-refractivity contribution in [3.63, 3.8) is 0 Å². The van der Waals surface area contributed by atoms with Crippen molar-refractivity contribution in [3.8, 4) is 11.5 Å². The Morgan fingerprint density at radius 1 is 1.08 bits per heavy atom. The van der Waals surface area contributed by atoms with Crippen molar-refractivity contribution in [1.82, 2.24) is 5.32 Å². The Bertz CT molecular complexity index is 1410. The van der Waals surface area contributed by atoms with Gasteiger partial charge in [0.15, 0.2) is 0 Å². The van der Waals surface area contributed by atoms with Crippen molar-refractivity contribution in [2.24, 2.45) is 0 Å². The molecule has 196 valence electrons. The topological polar surface area (TPSA) is 84.9 Å². The molecule has 1 N–H and O–H groups in total. The number of nitrogens with one attached hydrogen (secondary N) is 1. The number of benzene rings is 3. The Kier molecular flexibility index (Phi) is 7.24. The monoisotopic (exact) mass is 522 g/mol. The lowest BCUT2D eigenvalue weighted by Crippen LogP contribution is -2.41. The van der Waals surface area contributed by atoms with Crippen molar-refractivity contribution < 1.29 is 22.7 Å². The number of aryl methyl sites for hydroxylation is 2. The quantitative estimate of drug-likeness (QED) is 0.455. The highest BCUT2D eigenvalue weighted by atomic mass is 32.2. The van der Waals surface area contributed by atoms with Gasteiger partial charge in [-0.3, -0.25) is 9.10 Å². The van der Waals surface area contributed by atoms with Crippen molar-refractivity contribution in [2.75, 3.05) is 17.7 Å². The largest absolute Gasteiger partial charge is 0.497 e. The first-order valence-corrected chi connectivity index (χ1v) is 14.0. The maximum absolute atomic E-state index is 13.2. The highest BCUT2D eigenvalue weighted by Gasteiger charge is 2.35. The van der Waals surface area contributed by atoms with Crippen LogP contribution in [0.2, 0.25) is 0 Å². The van der Waals surface area contributed by atoms with Crippen LogP contribution >= 0.6 is 0 Å². The molecule has 0 aromatic heterocycles. The second-order valence-electron chi connectivity index (χ2n) is 10.3. The summed E-state index contributed by atoms with van der Waals surface area (Å²) in [6.45, 7) is 8.00.